The monoisotopic (exact) mass is 279 g/mol. The summed E-state index contributed by atoms with van der Waals surface area (Å²) in [7, 11) is 0. The van der Waals surface area contributed by atoms with Crippen LogP contribution >= 0.6 is 0 Å². The van der Waals surface area contributed by atoms with Crippen molar-refractivity contribution >= 4 is 5.97 Å². The van der Waals surface area contributed by atoms with E-state index in [2.05, 4.69) is 0 Å². The summed E-state index contributed by atoms with van der Waals surface area (Å²) in [4.78, 5) is 11.3. The molecule has 1 aromatic carbocycles. The van der Waals surface area contributed by atoms with Crippen molar-refractivity contribution in [2.24, 2.45) is 5.73 Å². The molecule has 20 heavy (non-hydrogen) atoms. The third-order valence-electron chi connectivity index (χ3n) is 3.20. The van der Waals surface area contributed by atoms with Crippen LogP contribution in [0.25, 0.3) is 0 Å². The predicted octanol–water partition coefficient (Wildman–Crippen LogP) is 2.19. The maximum atomic E-state index is 11.3. The van der Waals surface area contributed by atoms with Gasteiger partial charge in [0.1, 0.15) is 13.2 Å². The molecule has 1 atom stereocenters. The predicted molar refractivity (Wildman–Crippen MR) is 74.8 cm³/mol. The van der Waals surface area contributed by atoms with Gasteiger partial charge in [0.15, 0.2) is 11.5 Å². The van der Waals surface area contributed by atoms with Gasteiger partial charge in [0.05, 0.1) is 6.61 Å². The van der Waals surface area contributed by atoms with Crippen LogP contribution in [-0.4, -0.2) is 25.8 Å². The molecule has 1 aliphatic rings. The molecule has 110 valence electrons. The molecule has 0 amide bonds. The van der Waals surface area contributed by atoms with E-state index < -0.39 is 0 Å². The lowest BCUT2D eigenvalue weighted by Gasteiger charge is -2.20. The number of hydrogen-bond acceptors (Lipinski definition) is 5. The van der Waals surface area contributed by atoms with Gasteiger partial charge in [-0.2, -0.15) is 0 Å². The fraction of sp³-hybridized carbons (Fsp3) is 0.533. The Morgan fingerprint density at radius 3 is 2.85 bits per heavy atom. The summed E-state index contributed by atoms with van der Waals surface area (Å²) in [6.45, 7) is 3.37. The molecular weight excluding hydrogens is 258 g/mol. The first kappa shape index (κ1) is 14.7. The van der Waals surface area contributed by atoms with Crippen LogP contribution in [0.4, 0.5) is 0 Å². The number of fused-ring (bicyclic) bond motifs is 1. The van der Waals surface area contributed by atoms with Crippen LogP contribution in [-0.2, 0) is 9.53 Å². The molecule has 2 rings (SSSR count). The first-order valence-corrected chi connectivity index (χ1v) is 7.01. The van der Waals surface area contributed by atoms with E-state index in [1.807, 2.05) is 18.2 Å². The quantitative estimate of drug-likeness (QED) is 0.808. The van der Waals surface area contributed by atoms with Gasteiger partial charge in [-0.1, -0.05) is 6.07 Å². The Kier molecular flexibility index (Phi) is 5.24. The van der Waals surface area contributed by atoms with Crippen LogP contribution in [0.1, 0.15) is 37.8 Å². The van der Waals surface area contributed by atoms with Crippen molar-refractivity contribution in [3.05, 3.63) is 23.8 Å². The summed E-state index contributed by atoms with van der Waals surface area (Å²) in [5.74, 6) is 1.34. The van der Waals surface area contributed by atoms with Crippen molar-refractivity contribution in [3.63, 3.8) is 0 Å². The molecule has 0 aromatic heterocycles. The minimum Gasteiger partial charge on any atom is -0.486 e. The average Bonchev–Trinajstić information content (AvgIpc) is 2.47. The maximum Gasteiger partial charge on any atom is 0.305 e. The molecule has 0 fully saturated rings. The number of esters is 1. The third kappa shape index (κ3) is 3.87. The van der Waals surface area contributed by atoms with E-state index in [-0.39, 0.29) is 12.0 Å². The lowest BCUT2D eigenvalue weighted by molar-refractivity contribution is -0.143. The van der Waals surface area contributed by atoms with Gasteiger partial charge in [-0.25, -0.2) is 0 Å². The second-order valence-corrected chi connectivity index (χ2v) is 4.71. The van der Waals surface area contributed by atoms with E-state index in [4.69, 9.17) is 19.9 Å². The van der Waals surface area contributed by atoms with Crippen molar-refractivity contribution in [2.45, 2.75) is 32.2 Å². The zero-order chi connectivity index (χ0) is 14.4. The first-order chi connectivity index (χ1) is 9.70. The van der Waals surface area contributed by atoms with Crippen LogP contribution in [0.3, 0.4) is 0 Å². The smallest absolute Gasteiger partial charge is 0.305 e. The summed E-state index contributed by atoms with van der Waals surface area (Å²) in [6.07, 6.45) is 1.86. The van der Waals surface area contributed by atoms with Crippen LogP contribution < -0.4 is 15.2 Å². The molecule has 1 aliphatic heterocycles. The molecule has 0 bridgehead atoms. The number of benzene rings is 1. The van der Waals surface area contributed by atoms with Crippen molar-refractivity contribution in [1.82, 2.24) is 0 Å². The lowest BCUT2D eigenvalue weighted by atomic mass is 10.0. The second kappa shape index (κ2) is 7.14. The molecular formula is C15H21NO4. The number of nitrogens with two attached hydrogens (primary N) is 1. The zero-order valence-corrected chi connectivity index (χ0v) is 11.8. The SMILES string of the molecule is CCOC(=O)CCCC(N)c1ccc2c(c1)OCCO2. The highest BCUT2D eigenvalue weighted by atomic mass is 16.6. The minimum atomic E-state index is -0.165. The van der Waals surface area contributed by atoms with Crippen molar-refractivity contribution < 1.29 is 19.0 Å². The van der Waals surface area contributed by atoms with Gasteiger partial charge in [-0.3, -0.25) is 4.79 Å². The van der Waals surface area contributed by atoms with E-state index in [0.29, 0.717) is 32.7 Å². The molecule has 0 saturated heterocycles. The molecule has 1 heterocycles. The molecule has 2 N–H and O–H groups in total. The van der Waals surface area contributed by atoms with E-state index >= 15 is 0 Å². The fourth-order valence-electron chi connectivity index (χ4n) is 2.16. The molecule has 1 aromatic rings. The molecule has 5 heteroatoms. The number of hydrogen-bond donors (Lipinski definition) is 1. The maximum absolute atomic E-state index is 11.3. The van der Waals surface area contributed by atoms with Gasteiger partial charge in [0.2, 0.25) is 0 Å². The van der Waals surface area contributed by atoms with Crippen LogP contribution in [0.2, 0.25) is 0 Å². The third-order valence-corrected chi connectivity index (χ3v) is 3.20. The average molecular weight is 279 g/mol. The molecule has 0 radical (unpaired) electrons. The Morgan fingerprint density at radius 1 is 1.35 bits per heavy atom. The van der Waals surface area contributed by atoms with Gasteiger partial charge in [-0.05, 0) is 37.5 Å². The van der Waals surface area contributed by atoms with E-state index in [1.54, 1.807) is 6.92 Å². The normalized spacial score (nSPS) is 14.7. The van der Waals surface area contributed by atoms with Crippen LogP contribution in [0.5, 0.6) is 11.5 Å². The van der Waals surface area contributed by atoms with E-state index in [0.717, 1.165) is 23.5 Å². The lowest BCUT2D eigenvalue weighted by Crippen LogP contribution is -2.17. The standard InChI is InChI=1S/C15H21NO4/c1-2-18-15(17)5-3-4-12(16)11-6-7-13-14(10-11)20-9-8-19-13/h6-7,10,12H,2-5,8-9,16H2,1H3. The number of carbonyl (C=O) groups is 1. The van der Waals surface area contributed by atoms with Crippen LogP contribution in [0, 0.1) is 0 Å². The Bertz CT molecular complexity index is 461. The topological polar surface area (TPSA) is 70.8 Å². The molecule has 1 unspecified atom stereocenters. The first-order valence-electron chi connectivity index (χ1n) is 7.01. The number of carbonyl (C=O) groups excluding carboxylic acids is 1. The van der Waals surface area contributed by atoms with Gasteiger partial charge in [0.25, 0.3) is 0 Å². The molecule has 0 aliphatic carbocycles. The van der Waals surface area contributed by atoms with Crippen molar-refractivity contribution in [3.8, 4) is 11.5 Å². The Hall–Kier alpha value is -1.75. The summed E-state index contributed by atoms with van der Waals surface area (Å²) in [5.41, 5.74) is 7.14. The summed E-state index contributed by atoms with van der Waals surface area (Å²) >= 11 is 0. The van der Waals surface area contributed by atoms with Gasteiger partial charge in [-0.15, -0.1) is 0 Å². The van der Waals surface area contributed by atoms with Crippen LogP contribution in [0.15, 0.2) is 18.2 Å². The van der Waals surface area contributed by atoms with Gasteiger partial charge >= 0.3 is 5.97 Å². The van der Waals surface area contributed by atoms with Gasteiger partial charge < -0.3 is 19.9 Å². The summed E-state index contributed by atoms with van der Waals surface area (Å²) in [6, 6.07) is 5.64. The van der Waals surface area contributed by atoms with E-state index in [1.165, 1.54) is 0 Å². The highest BCUT2D eigenvalue weighted by molar-refractivity contribution is 5.69. The van der Waals surface area contributed by atoms with Crippen molar-refractivity contribution in [2.75, 3.05) is 19.8 Å². The Balaban J connectivity index is 1.86. The highest BCUT2D eigenvalue weighted by Crippen LogP contribution is 2.33. The largest absolute Gasteiger partial charge is 0.486 e. The number of ether oxygens (including phenoxy) is 3. The summed E-state index contributed by atoms with van der Waals surface area (Å²) in [5, 5.41) is 0. The highest BCUT2D eigenvalue weighted by Gasteiger charge is 2.15. The molecule has 5 nitrogen and oxygen atoms in total. The molecule has 0 saturated carbocycles. The minimum absolute atomic E-state index is 0.111. The molecule has 0 spiro atoms. The summed E-state index contributed by atoms with van der Waals surface area (Å²) < 4.78 is 15.9. The Labute approximate surface area is 119 Å². The fourth-order valence-corrected chi connectivity index (χ4v) is 2.16. The number of rotatable bonds is 6. The van der Waals surface area contributed by atoms with Crippen molar-refractivity contribution in [1.29, 1.82) is 0 Å². The zero-order valence-electron chi connectivity index (χ0n) is 11.8. The van der Waals surface area contributed by atoms with E-state index in [9.17, 15) is 4.79 Å². The Morgan fingerprint density at radius 2 is 2.10 bits per heavy atom. The second-order valence-electron chi connectivity index (χ2n) is 4.71. The van der Waals surface area contributed by atoms with Gasteiger partial charge in [0, 0.05) is 12.5 Å².